The van der Waals surface area contributed by atoms with Gasteiger partial charge in [0.25, 0.3) is 0 Å². The summed E-state index contributed by atoms with van der Waals surface area (Å²) in [5.74, 6) is 5.57. The van der Waals surface area contributed by atoms with Crippen LogP contribution in [0.5, 0.6) is 0 Å². The molecule has 4 aliphatic carbocycles. The quantitative estimate of drug-likeness (QED) is 0.457. The van der Waals surface area contributed by atoms with Gasteiger partial charge in [0.1, 0.15) is 0 Å². The molecule has 0 aromatic carbocycles. The van der Waals surface area contributed by atoms with E-state index in [9.17, 15) is 5.11 Å². The van der Waals surface area contributed by atoms with Crippen LogP contribution in [0.15, 0.2) is 23.8 Å². The van der Waals surface area contributed by atoms with Crippen LogP contribution in [0.4, 0.5) is 0 Å². The molecule has 0 heterocycles. The zero-order valence-electron chi connectivity index (χ0n) is 20.7. The molecule has 1 nitrogen and oxygen atoms in total. The Morgan fingerprint density at radius 3 is 2.40 bits per heavy atom. The molecule has 0 aromatic rings. The van der Waals surface area contributed by atoms with Gasteiger partial charge in [0.05, 0.1) is 6.10 Å². The molecule has 3 saturated carbocycles. The van der Waals surface area contributed by atoms with Crippen molar-refractivity contribution in [3.63, 3.8) is 0 Å². The first-order chi connectivity index (χ1) is 14.2. The highest BCUT2D eigenvalue weighted by atomic mass is 16.3. The third kappa shape index (κ3) is 3.66. The highest BCUT2D eigenvalue weighted by Crippen LogP contribution is 2.67. The first kappa shape index (κ1) is 22.6. The van der Waals surface area contributed by atoms with Gasteiger partial charge in [-0.2, -0.15) is 0 Å². The van der Waals surface area contributed by atoms with E-state index in [1.54, 1.807) is 5.57 Å². The van der Waals surface area contributed by atoms with Crippen molar-refractivity contribution >= 4 is 0 Å². The Bertz CT molecular complexity index is 674. The Kier molecular flexibility index (Phi) is 6.35. The van der Waals surface area contributed by atoms with Crippen molar-refractivity contribution in [1.29, 1.82) is 0 Å². The summed E-state index contributed by atoms with van der Waals surface area (Å²) in [5.41, 5.74) is 2.62. The van der Waals surface area contributed by atoms with Gasteiger partial charge in [-0.05, 0) is 117 Å². The van der Waals surface area contributed by atoms with Crippen LogP contribution in [-0.2, 0) is 0 Å². The van der Waals surface area contributed by atoms with E-state index in [4.69, 9.17) is 0 Å². The van der Waals surface area contributed by atoms with Crippen molar-refractivity contribution < 1.29 is 5.11 Å². The molecule has 0 amide bonds. The molecule has 0 radical (unpaired) electrons. The van der Waals surface area contributed by atoms with Crippen LogP contribution in [0.25, 0.3) is 0 Å². The van der Waals surface area contributed by atoms with Crippen LogP contribution in [0.2, 0.25) is 0 Å². The minimum Gasteiger partial charge on any atom is -0.393 e. The molecule has 3 fully saturated rings. The monoisotopic (exact) mass is 412 g/mol. The Hall–Kier alpha value is -0.560. The number of hydrogen-bond acceptors (Lipinski definition) is 1. The molecule has 4 rings (SSSR count). The van der Waals surface area contributed by atoms with E-state index in [1.165, 1.54) is 44.9 Å². The maximum absolute atomic E-state index is 10.2. The smallest absolute Gasteiger partial charge is 0.0546 e. The summed E-state index contributed by atoms with van der Waals surface area (Å²) in [7, 11) is 0. The average Bonchev–Trinajstić information content (AvgIpc) is 3.06. The van der Waals surface area contributed by atoms with Gasteiger partial charge in [-0.1, -0.05) is 58.4 Å². The SMILES string of the molecule is CC=C(CCC(C)C1CCC2C3C=CC4CC(O)CCC4(C)C3CCC12C)C(C)C. The number of aliphatic hydroxyl groups excluding tert-OH is 1. The summed E-state index contributed by atoms with van der Waals surface area (Å²) in [6.07, 6.45) is 19.2. The molecule has 9 unspecified atom stereocenters. The number of fused-ring (bicyclic) bond motifs is 5. The number of allylic oxidation sites excluding steroid dienone is 4. The molecule has 30 heavy (non-hydrogen) atoms. The lowest BCUT2D eigenvalue weighted by atomic mass is 9.46. The minimum atomic E-state index is -0.0669. The van der Waals surface area contributed by atoms with E-state index in [2.05, 4.69) is 59.8 Å². The molecule has 0 aromatic heterocycles. The zero-order chi connectivity index (χ0) is 21.7. The van der Waals surface area contributed by atoms with E-state index in [0.717, 1.165) is 42.4 Å². The third-order valence-electron chi connectivity index (χ3n) is 10.9. The standard InChI is InChI=1S/C29H48O/c1-7-21(19(2)3)9-8-20(4)25-12-13-26-24-11-10-22-18-23(30)14-16-28(22,5)27(24)15-17-29(25,26)6/h7,10-11,19-20,22-27,30H,8-9,12-18H2,1-6H3. The highest BCUT2D eigenvalue weighted by Gasteiger charge is 2.59. The lowest BCUT2D eigenvalue weighted by Crippen LogP contribution is -2.52. The van der Waals surface area contributed by atoms with Gasteiger partial charge >= 0.3 is 0 Å². The first-order valence-corrected chi connectivity index (χ1v) is 13.2. The van der Waals surface area contributed by atoms with Gasteiger partial charge in [0.15, 0.2) is 0 Å². The summed E-state index contributed by atoms with van der Waals surface area (Å²) in [6.45, 7) is 14.7. The summed E-state index contributed by atoms with van der Waals surface area (Å²) < 4.78 is 0. The van der Waals surface area contributed by atoms with Gasteiger partial charge in [0.2, 0.25) is 0 Å². The second-order valence-corrected chi connectivity index (χ2v) is 12.5. The Morgan fingerprint density at radius 2 is 1.70 bits per heavy atom. The van der Waals surface area contributed by atoms with Crippen LogP contribution >= 0.6 is 0 Å². The van der Waals surface area contributed by atoms with Crippen molar-refractivity contribution in [1.82, 2.24) is 0 Å². The van der Waals surface area contributed by atoms with E-state index in [1.807, 2.05) is 0 Å². The Labute approximate surface area is 186 Å². The van der Waals surface area contributed by atoms with Crippen molar-refractivity contribution in [2.75, 3.05) is 0 Å². The van der Waals surface area contributed by atoms with Crippen LogP contribution < -0.4 is 0 Å². The molecular weight excluding hydrogens is 364 g/mol. The van der Waals surface area contributed by atoms with Gasteiger partial charge in [0, 0.05) is 0 Å². The Morgan fingerprint density at radius 1 is 1.00 bits per heavy atom. The van der Waals surface area contributed by atoms with Crippen LogP contribution in [-0.4, -0.2) is 11.2 Å². The van der Waals surface area contributed by atoms with Gasteiger partial charge in [-0.15, -0.1) is 0 Å². The Balaban J connectivity index is 1.49. The fourth-order valence-corrected chi connectivity index (χ4v) is 8.93. The molecule has 9 atom stereocenters. The molecule has 1 heteroatoms. The lowest BCUT2D eigenvalue weighted by molar-refractivity contribution is -0.0812. The summed E-state index contributed by atoms with van der Waals surface area (Å²) in [5, 5.41) is 10.2. The van der Waals surface area contributed by atoms with Crippen molar-refractivity contribution in [2.24, 2.45) is 52.3 Å². The fraction of sp³-hybridized carbons (Fsp3) is 0.862. The normalized spacial score (nSPS) is 47.0. The third-order valence-corrected chi connectivity index (χ3v) is 10.9. The maximum atomic E-state index is 10.2. The first-order valence-electron chi connectivity index (χ1n) is 13.2. The van der Waals surface area contributed by atoms with Crippen molar-refractivity contribution in [3.8, 4) is 0 Å². The molecule has 4 aliphatic rings. The number of hydrogen-bond donors (Lipinski definition) is 1. The topological polar surface area (TPSA) is 20.2 Å². The van der Waals surface area contributed by atoms with E-state index in [-0.39, 0.29) is 6.10 Å². The summed E-state index contributed by atoms with van der Waals surface area (Å²) in [4.78, 5) is 0. The average molecular weight is 413 g/mol. The predicted molar refractivity (Wildman–Crippen MR) is 128 cm³/mol. The van der Waals surface area contributed by atoms with Gasteiger partial charge in [-0.3, -0.25) is 0 Å². The van der Waals surface area contributed by atoms with Crippen LogP contribution in [0.3, 0.4) is 0 Å². The second kappa shape index (κ2) is 8.42. The zero-order valence-corrected chi connectivity index (χ0v) is 20.7. The maximum Gasteiger partial charge on any atom is 0.0546 e. The minimum absolute atomic E-state index is 0.0669. The predicted octanol–water partition coefficient (Wildman–Crippen LogP) is 7.80. The molecule has 1 N–H and O–H groups in total. The van der Waals surface area contributed by atoms with Gasteiger partial charge < -0.3 is 5.11 Å². The number of aliphatic hydroxyl groups is 1. The molecular formula is C29H48O. The summed E-state index contributed by atoms with van der Waals surface area (Å²) >= 11 is 0. The number of rotatable bonds is 5. The van der Waals surface area contributed by atoms with Crippen molar-refractivity contribution in [2.45, 2.75) is 105 Å². The highest BCUT2D eigenvalue weighted by molar-refractivity contribution is 5.18. The molecule has 170 valence electrons. The molecule has 0 aliphatic heterocycles. The molecule has 0 saturated heterocycles. The van der Waals surface area contributed by atoms with Crippen LogP contribution in [0, 0.1) is 52.3 Å². The van der Waals surface area contributed by atoms with Crippen molar-refractivity contribution in [3.05, 3.63) is 23.8 Å². The molecule has 0 bridgehead atoms. The lowest BCUT2D eigenvalue weighted by Gasteiger charge is -2.59. The molecule has 0 spiro atoms. The van der Waals surface area contributed by atoms with E-state index < -0.39 is 0 Å². The summed E-state index contributed by atoms with van der Waals surface area (Å²) in [6, 6.07) is 0. The fourth-order valence-electron chi connectivity index (χ4n) is 8.93. The van der Waals surface area contributed by atoms with E-state index in [0.29, 0.717) is 22.7 Å². The second-order valence-electron chi connectivity index (χ2n) is 12.5. The largest absolute Gasteiger partial charge is 0.393 e. The van der Waals surface area contributed by atoms with Gasteiger partial charge in [-0.25, -0.2) is 0 Å². The van der Waals surface area contributed by atoms with Crippen LogP contribution in [0.1, 0.15) is 99.3 Å². The van der Waals surface area contributed by atoms with E-state index >= 15 is 0 Å².